The maximum absolute atomic E-state index is 14.9. The smallest absolute Gasteiger partial charge is 0.348 e. The number of hydrogen-bond donors (Lipinski definition) is 1. The van der Waals surface area contributed by atoms with Gasteiger partial charge in [-0.05, 0) is 13.3 Å². The van der Waals surface area contributed by atoms with Gasteiger partial charge in [0, 0.05) is 43.6 Å². The molecular formula is C18H19F4N7O2S2. The highest BCUT2D eigenvalue weighted by Gasteiger charge is 2.39. The van der Waals surface area contributed by atoms with E-state index in [1.165, 1.54) is 23.3 Å². The molecule has 3 aromatic rings. The van der Waals surface area contributed by atoms with E-state index in [9.17, 15) is 26.0 Å². The van der Waals surface area contributed by atoms with E-state index in [0.717, 1.165) is 15.6 Å². The van der Waals surface area contributed by atoms with Crippen molar-refractivity contribution in [3.63, 3.8) is 0 Å². The summed E-state index contributed by atoms with van der Waals surface area (Å²) < 4.78 is 83.0. The predicted octanol–water partition coefficient (Wildman–Crippen LogP) is 2.87. The summed E-state index contributed by atoms with van der Waals surface area (Å²) in [5.41, 5.74) is -1.45. The molecule has 0 radical (unpaired) electrons. The Balaban J connectivity index is 1.53. The molecule has 15 heteroatoms. The Hall–Kier alpha value is -2.65. The first-order valence-corrected chi connectivity index (χ1v) is 12.0. The fourth-order valence-corrected chi connectivity index (χ4v) is 5.56. The number of nitrogens with zero attached hydrogens (tertiary/aromatic N) is 6. The van der Waals surface area contributed by atoms with Gasteiger partial charge in [0.05, 0.1) is 12.4 Å². The number of piperidine rings is 1. The number of imidazole rings is 1. The predicted molar refractivity (Wildman–Crippen MR) is 112 cm³/mol. The number of thiazole rings is 1. The minimum absolute atomic E-state index is 0.00381. The van der Waals surface area contributed by atoms with E-state index in [2.05, 4.69) is 25.3 Å². The Kier molecular flexibility index (Phi) is 6.13. The monoisotopic (exact) mass is 505 g/mol. The van der Waals surface area contributed by atoms with Crippen LogP contribution < -0.4 is 5.32 Å². The van der Waals surface area contributed by atoms with Gasteiger partial charge < -0.3 is 9.88 Å². The molecule has 1 fully saturated rings. The molecule has 1 aliphatic heterocycles. The van der Waals surface area contributed by atoms with Crippen LogP contribution in [0.4, 0.5) is 23.5 Å². The number of nitrogens with one attached hydrogen (secondary N) is 1. The van der Waals surface area contributed by atoms with Crippen LogP contribution in [-0.4, -0.2) is 62.5 Å². The molecule has 0 bridgehead atoms. The Morgan fingerprint density at radius 3 is 2.55 bits per heavy atom. The van der Waals surface area contributed by atoms with Crippen molar-refractivity contribution in [3.8, 4) is 10.7 Å². The van der Waals surface area contributed by atoms with Crippen LogP contribution in [0.25, 0.3) is 10.7 Å². The standard InChI is InChI=1S/C18H19F4N7O2S2/c1-10-5-23-16(32-10)15-11(18(20,21)22)6-24-17(27-15)26-13-3-4-29(7-12(13)19)33(30,31)14-8-28(2)9-25-14/h5-6,8-9,12-13H,3-4,7H2,1-2H3,(H,24,26,27)/t12-,13+/m1/s1. The number of anilines is 1. The lowest BCUT2D eigenvalue weighted by atomic mass is 10.1. The third-order valence-electron chi connectivity index (χ3n) is 5.02. The maximum Gasteiger partial charge on any atom is 0.420 e. The molecule has 1 aliphatic rings. The summed E-state index contributed by atoms with van der Waals surface area (Å²) in [5.74, 6) is -0.195. The molecule has 178 valence electrons. The van der Waals surface area contributed by atoms with Crippen LogP contribution in [0, 0.1) is 6.92 Å². The molecule has 2 atom stereocenters. The van der Waals surface area contributed by atoms with Crippen molar-refractivity contribution >= 4 is 27.3 Å². The average molecular weight is 506 g/mol. The van der Waals surface area contributed by atoms with Crippen molar-refractivity contribution in [2.24, 2.45) is 7.05 Å². The summed E-state index contributed by atoms with van der Waals surface area (Å²) >= 11 is 1.04. The van der Waals surface area contributed by atoms with Gasteiger partial charge in [-0.15, -0.1) is 11.3 Å². The van der Waals surface area contributed by atoms with E-state index in [1.807, 2.05) is 0 Å². The Morgan fingerprint density at radius 2 is 1.97 bits per heavy atom. The van der Waals surface area contributed by atoms with E-state index < -0.39 is 46.2 Å². The maximum atomic E-state index is 14.9. The zero-order chi connectivity index (χ0) is 24.0. The van der Waals surface area contributed by atoms with Crippen molar-refractivity contribution in [3.05, 3.63) is 35.4 Å². The first-order chi connectivity index (χ1) is 15.4. The number of aromatic nitrogens is 5. The lowest BCUT2D eigenvalue weighted by molar-refractivity contribution is -0.137. The summed E-state index contributed by atoms with van der Waals surface area (Å²) in [6.45, 7) is 1.27. The second-order valence-electron chi connectivity index (χ2n) is 7.53. The molecule has 0 aromatic carbocycles. The Bertz CT molecular complexity index is 1260. The zero-order valence-electron chi connectivity index (χ0n) is 17.4. The quantitative estimate of drug-likeness (QED) is 0.532. The van der Waals surface area contributed by atoms with Crippen LogP contribution in [0.1, 0.15) is 16.9 Å². The topological polar surface area (TPSA) is 106 Å². The van der Waals surface area contributed by atoms with Crippen molar-refractivity contribution in [1.82, 2.24) is 28.8 Å². The van der Waals surface area contributed by atoms with Gasteiger partial charge in [0.2, 0.25) is 5.95 Å². The van der Waals surface area contributed by atoms with Crippen molar-refractivity contribution in [2.45, 2.75) is 36.8 Å². The van der Waals surface area contributed by atoms with Crippen molar-refractivity contribution < 1.29 is 26.0 Å². The number of sulfonamides is 1. The highest BCUT2D eigenvalue weighted by molar-refractivity contribution is 7.89. The number of aryl methyl sites for hydroxylation is 2. The summed E-state index contributed by atoms with van der Waals surface area (Å²) in [7, 11) is -2.35. The van der Waals surface area contributed by atoms with Gasteiger partial charge >= 0.3 is 6.18 Å². The summed E-state index contributed by atoms with van der Waals surface area (Å²) in [6.07, 6.45) is -1.55. The molecule has 0 amide bonds. The number of alkyl halides is 4. The summed E-state index contributed by atoms with van der Waals surface area (Å²) in [6, 6.07) is -0.886. The average Bonchev–Trinajstić information content (AvgIpc) is 3.37. The van der Waals surface area contributed by atoms with Gasteiger partial charge in [0.15, 0.2) is 5.03 Å². The lowest BCUT2D eigenvalue weighted by Crippen LogP contribution is -2.50. The van der Waals surface area contributed by atoms with Gasteiger partial charge in [0.1, 0.15) is 22.4 Å². The molecule has 0 aliphatic carbocycles. The highest BCUT2D eigenvalue weighted by Crippen LogP contribution is 2.37. The molecule has 1 N–H and O–H groups in total. The molecule has 3 aromatic heterocycles. The molecule has 1 saturated heterocycles. The highest BCUT2D eigenvalue weighted by atomic mass is 32.2. The second-order valence-corrected chi connectivity index (χ2v) is 10.6. The van der Waals surface area contributed by atoms with Gasteiger partial charge in [-0.2, -0.15) is 17.5 Å². The van der Waals surface area contributed by atoms with Gasteiger partial charge in [-0.1, -0.05) is 0 Å². The first-order valence-electron chi connectivity index (χ1n) is 9.71. The van der Waals surface area contributed by atoms with Gasteiger partial charge in [-0.25, -0.2) is 32.7 Å². The van der Waals surface area contributed by atoms with Crippen LogP contribution in [-0.2, 0) is 23.2 Å². The molecule has 0 saturated carbocycles. The fraction of sp³-hybridized carbons (Fsp3) is 0.444. The Labute approximate surface area is 190 Å². The molecular weight excluding hydrogens is 486 g/mol. The minimum atomic E-state index is -4.69. The van der Waals surface area contributed by atoms with Crippen LogP contribution in [0.15, 0.2) is 29.9 Å². The van der Waals surface area contributed by atoms with E-state index in [-0.39, 0.29) is 28.9 Å². The van der Waals surface area contributed by atoms with E-state index in [1.54, 1.807) is 14.0 Å². The largest absolute Gasteiger partial charge is 0.420 e. The SMILES string of the molecule is Cc1cnc(-c2nc(N[C@H]3CCN(S(=O)(=O)c4cn(C)cn4)C[C@H]3F)ncc2C(F)(F)F)s1. The third-order valence-corrected chi connectivity index (χ3v) is 7.69. The van der Waals surface area contributed by atoms with Crippen LogP contribution >= 0.6 is 11.3 Å². The minimum Gasteiger partial charge on any atom is -0.348 e. The second kappa shape index (κ2) is 8.61. The fourth-order valence-electron chi connectivity index (χ4n) is 3.36. The van der Waals surface area contributed by atoms with Crippen molar-refractivity contribution in [2.75, 3.05) is 18.4 Å². The van der Waals surface area contributed by atoms with E-state index >= 15 is 0 Å². The number of hydrogen-bond acceptors (Lipinski definition) is 8. The van der Waals surface area contributed by atoms with Crippen LogP contribution in [0.3, 0.4) is 0 Å². The van der Waals surface area contributed by atoms with Crippen LogP contribution in [0.2, 0.25) is 0 Å². The Morgan fingerprint density at radius 1 is 1.21 bits per heavy atom. The lowest BCUT2D eigenvalue weighted by Gasteiger charge is -2.33. The molecule has 4 rings (SSSR count). The molecule has 0 unspecified atom stereocenters. The summed E-state index contributed by atoms with van der Waals surface area (Å²) in [4.78, 5) is 16.2. The molecule has 0 spiro atoms. The number of rotatable bonds is 5. The number of halogens is 4. The molecule has 9 nitrogen and oxygen atoms in total. The van der Waals surface area contributed by atoms with Crippen LogP contribution in [0.5, 0.6) is 0 Å². The molecule has 33 heavy (non-hydrogen) atoms. The van der Waals surface area contributed by atoms with Gasteiger partial charge in [-0.3, -0.25) is 0 Å². The zero-order valence-corrected chi connectivity index (χ0v) is 19.0. The summed E-state index contributed by atoms with van der Waals surface area (Å²) in [5, 5.41) is 2.60. The third kappa shape index (κ3) is 4.84. The van der Waals surface area contributed by atoms with E-state index in [0.29, 0.717) is 11.1 Å². The van der Waals surface area contributed by atoms with Crippen molar-refractivity contribution in [1.29, 1.82) is 0 Å². The first kappa shape index (κ1) is 23.5. The molecule has 4 heterocycles. The van der Waals surface area contributed by atoms with E-state index in [4.69, 9.17) is 0 Å². The van der Waals surface area contributed by atoms with Gasteiger partial charge in [0.25, 0.3) is 10.0 Å². The normalized spacial score (nSPS) is 20.2.